The molecule has 0 aliphatic heterocycles. The van der Waals surface area contributed by atoms with Crippen LogP contribution < -0.4 is 5.32 Å². The van der Waals surface area contributed by atoms with E-state index < -0.39 is 0 Å². The number of rotatable bonds is 7. The molecule has 2 fully saturated rings. The average Bonchev–Trinajstić information content (AvgIpc) is 3.14. The summed E-state index contributed by atoms with van der Waals surface area (Å²) in [5, 5.41) is 3.54. The van der Waals surface area contributed by atoms with Crippen molar-refractivity contribution in [2.75, 3.05) is 6.61 Å². The molecule has 2 saturated carbocycles. The molecular formula is C13H23NO2. The van der Waals surface area contributed by atoms with Gasteiger partial charge >= 0.3 is 5.97 Å². The van der Waals surface area contributed by atoms with Gasteiger partial charge in [-0.05, 0) is 50.9 Å². The van der Waals surface area contributed by atoms with Crippen LogP contribution in [0, 0.1) is 11.8 Å². The summed E-state index contributed by atoms with van der Waals surface area (Å²) in [5.74, 6) is 1.59. The molecule has 92 valence electrons. The van der Waals surface area contributed by atoms with Crippen LogP contribution in [0.2, 0.25) is 0 Å². The Balaban J connectivity index is 1.85. The Labute approximate surface area is 97.9 Å². The second-order valence-electron chi connectivity index (χ2n) is 5.08. The predicted octanol–water partition coefficient (Wildman–Crippen LogP) is 2.11. The van der Waals surface area contributed by atoms with E-state index in [1.54, 1.807) is 0 Å². The summed E-state index contributed by atoms with van der Waals surface area (Å²) in [6.07, 6.45) is 6.19. The molecule has 16 heavy (non-hydrogen) atoms. The summed E-state index contributed by atoms with van der Waals surface area (Å²) in [6, 6.07) is 0.487. The second kappa shape index (κ2) is 5.17. The number of hydrogen-bond donors (Lipinski definition) is 1. The Morgan fingerprint density at radius 3 is 2.19 bits per heavy atom. The van der Waals surface area contributed by atoms with Crippen LogP contribution in [-0.4, -0.2) is 24.7 Å². The summed E-state index contributed by atoms with van der Waals surface area (Å²) in [5.41, 5.74) is 0. The van der Waals surface area contributed by atoms with E-state index in [0.29, 0.717) is 12.6 Å². The number of ether oxygens (including phenoxy) is 1. The number of esters is 1. The molecule has 0 saturated heterocycles. The smallest absolute Gasteiger partial charge is 0.323 e. The largest absolute Gasteiger partial charge is 0.465 e. The third-order valence-corrected chi connectivity index (χ3v) is 3.63. The zero-order chi connectivity index (χ0) is 11.5. The highest BCUT2D eigenvalue weighted by molar-refractivity contribution is 5.75. The maximum Gasteiger partial charge on any atom is 0.323 e. The number of hydrogen-bond acceptors (Lipinski definition) is 3. The van der Waals surface area contributed by atoms with Gasteiger partial charge in [0.05, 0.1) is 6.61 Å². The molecule has 0 bridgehead atoms. The van der Waals surface area contributed by atoms with Gasteiger partial charge in [-0.25, -0.2) is 0 Å². The predicted molar refractivity (Wildman–Crippen MR) is 63.1 cm³/mol. The molecule has 0 spiro atoms. The molecule has 2 aliphatic rings. The average molecular weight is 225 g/mol. The topological polar surface area (TPSA) is 38.3 Å². The van der Waals surface area contributed by atoms with Gasteiger partial charge in [0.1, 0.15) is 6.04 Å². The number of carbonyl (C=O) groups is 1. The Kier molecular flexibility index (Phi) is 3.85. The second-order valence-corrected chi connectivity index (χ2v) is 5.08. The van der Waals surface area contributed by atoms with Crippen molar-refractivity contribution in [2.45, 2.75) is 58.0 Å². The zero-order valence-corrected chi connectivity index (χ0v) is 10.4. The summed E-state index contributed by atoms with van der Waals surface area (Å²) in [6.45, 7) is 4.39. The Bertz CT molecular complexity index is 234. The minimum Gasteiger partial charge on any atom is -0.465 e. The van der Waals surface area contributed by atoms with Crippen molar-refractivity contribution >= 4 is 5.97 Å². The van der Waals surface area contributed by atoms with E-state index in [9.17, 15) is 4.79 Å². The fourth-order valence-electron chi connectivity index (χ4n) is 2.40. The molecule has 1 N–H and O–H groups in total. The molecule has 0 amide bonds. The van der Waals surface area contributed by atoms with Crippen LogP contribution in [0.1, 0.15) is 46.0 Å². The minimum atomic E-state index is -0.0915. The standard InChI is InChI=1S/C13H23NO2/c1-3-11(13(15)16-4-2)14-12(9-5-6-9)10-7-8-10/h9-12,14H,3-8H2,1-2H3. The summed E-state index contributed by atoms with van der Waals surface area (Å²) in [7, 11) is 0. The molecule has 3 heteroatoms. The van der Waals surface area contributed by atoms with Gasteiger partial charge in [0.2, 0.25) is 0 Å². The number of nitrogens with one attached hydrogen (secondary N) is 1. The molecule has 0 radical (unpaired) electrons. The van der Waals surface area contributed by atoms with Crippen molar-refractivity contribution in [2.24, 2.45) is 11.8 Å². The molecule has 0 heterocycles. The molecule has 0 aromatic rings. The zero-order valence-electron chi connectivity index (χ0n) is 10.4. The fraction of sp³-hybridized carbons (Fsp3) is 0.923. The van der Waals surface area contributed by atoms with E-state index in [-0.39, 0.29) is 12.0 Å². The van der Waals surface area contributed by atoms with E-state index in [1.807, 2.05) is 13.8 Å². The Hall–Kier alpha value is -0.570. The van der Waals surface area contributed by atoms with Crippen molar-refractivity contribution in [1.29, 1.82) is 0 Å². The first-order valence-corrected chi connectivity index (χ1v) is 6.69. The highest BCUT2D eigenvalue weighted by Crippen LogP contribution is 2.44. The van der Waals surface area contributed by atoms with Gasteiger partial charge in [-0.15, -0.1) is 0 Å². The molecular weight excluding hydrogens is 202 g/mol. The van der Waals surface area contributed by atoms with E-state index in [4.69, 9.17) is 4.74 Å². The normalized spacial score (nSPS) is 22.2. The number of carbonyl (C=O) groups excluding carboxylic acids is 1. The lowest BCUT2D eigenvalue weighted by Gasteiger charge is -2.23. The van der Waals surface area contributed by atoms with E-state index in [2.05, 4.69) is 5.32 Å². The lowest BCUT2D eigenvalue weighted by atomic mass is 10.1. The molecule has 0 aromatic heterocycles. The van der Waals surface area contributed by atoms with E-state index >= 15 is 0 Å². The highest BCUT2D eigenvalue weighted by Gasteiger charge is 2.42. The Morgan fingerprint density at radius 1 is 1.25 bits per heavy atom. The lowest BCUT2D eigenvalue weighted by molar-refractivity contribution is -0.146. The van der Waals surface area contributed by atoms with Gasteiger partial charge in [0.15, 0.2) is 0 Å². The maximum absolute atomic E-state index is 11.7. The van der Waals surface area contributed by atoms with Crippen molar-refractivity contribution in [3.63, 3.8) is 0 Å². The van der Waals surface area contributed by atoms with Gasteiger partial charge in [0, 0.05) is 6.04 Å². The van der Waals surface area contributed by atoms with Gasteiger partial charge in [-0.1, -0.05) is 6.92 Å². The molecule has 1 atom stereocenters. The van der Waals surface area contributed by atoms with Gasteiger partial charge in [0.25, 0.3) is 0 Å². The monoisotopic (exact) mass is 225 g/mol. The van der Waals surface area contributed by atoms with Crippen LogP contribution in [0.15, 0.2) is 0 Å². The first kappa shape index (κ1) is 11.9. The third-order valence-electron chi connectivity index (χ3n) is 3.63. The van der Waals surface area contributed by atoms with Crippen LogP contribution in [0.25, 0.3) is 0 Å². The summed E-state index contributed by atoms with van der Waals surface area (Å²) in [4.78, 5) is 11.7. The summed E-state index contributed by atoms with van der Waals surface area (Å²) < 4.78 is 5.09. The Morgan fingerprint density at radius 2 is 1.81 bits per heavy atom. The van der Waals surface area contributed by atoms with E-state index in [1.165, 1.54) is 25.7 Å². The SMILES string of the molecule is CCOC(=O)C(CC)NC(C1CC1)C1CC1. The first-order chi connectivity index (χ1) is 7.76. The quantitative estimate of drug-likeness (QED) is 0.674. The molecule has 2 aliphatic carbocycles. The van der Waals surface area contributed by atoms with Crippen LogP contribution in [0.4, 0.5) is 0 Å². The van der Waals surface area contributed by atoms with Crippen LogP contribution in [0.3, 0.4) is 0 Å². The van der Waals surface area contributed by atoms with Crippen LogP contribution in [0.5, 0.6) is 0 Å². The van der Waals surface area contributed by atoms with Crippen molar-refractivity contribution < 1.29 is 9.53 Å². The molecule has 3 nitrogen and oxygen atoms in total. The van der Waals surface area contributed by atoms with Gasteiger partial charge in [-0.3, -0.25) is 4.79 Å². The third kappa shape index (κ3) is 2.97. The maximum atomic E-state index is 11.7. The van der Waals surface area contributed by atoms with Crippen molar-refractivity contribution in [1.82, 2.24) is 5.32 Å². The van der Waals surface area contributed by atoms with Crippen LogP contribution in [-0.2, 0) is 9.53 Å². The fourth-order valence-corrected chi connectivity index (χ4v) is 2.40. The van der Waals surface area contributed by atoms with E-state index in [0.717, 1.165) is 18.3 Å². The first-order valence-electron chi connectivity index (χ1n) is 6.69. The van der Waals surface area contributed by atoms with Crippen molar-refractivity contribution in [3.8, 4) is 0 Å². The van der Waals surface area contributed by atoms with Gasteiger partial charge in [-0.2, -0.15) is 0 Å². The lowest BCUT2D eigenvalue weighted by Crippen LogP contribution is -2.45. The molecule has 2 rings (SSSR count). The van der Waals surface area contributed by atoms with Crippen LogP contribution >= 0.6 is 0 Å². The van der Waals surface area contributed by atoms with Gasteiger partial charge < -0.3 is 10.1 Å². The molecule has 1 unspecified atom stereocenters. The molecule has 0 aromatic carbocycles. The highest BCUT2D eigenvalue weighted by atomic mass is 16.5. The van der Waals surface area contributed by atoms with Crippen molar-refractivity contribution in [3.05, 3.63) is 0 Å². The minimum absolute atomic E-state index is 0.0729. The summed E-state index contributed by atoms with van der Waals surface area (Å²) >= 11 is 0.